The molecule has 1 aliphatic rings. The molecule has 6 nitrogen and oxygen atoms in total. The van der Waals surface area contributed by atoms with Crippen LogP contribution in [0.3, 0.4) is 0 Å². The lowest BCUT2D eigenvalue weighted by molar-refractivity contribution is -0.385. The van der Waals surface area contributed by atoms with Gasteiger partial charge >= 0.3 is 6.09 Å². The van der Waals surface area contributed by atoms with Crippen LogP contribution in [0.1, 0.15) is 28.2 Å². The van der Waals surface area contributed by atoms with Gasteiger partial charge in [-0.25, -0.2) is 9.18 Å². The summed E-state index contributed by atoms with van der Waals surface area (Å²) in [6.07, 6.45) is 2.32. The Hall–Kier alpha value is -4.00. The van der Waals surface area contributed by atoms with Crippen molar-refractivity contribution < 1.29 is 18.8 Å². The number of nitro groups is 1. The number of amides is 1. The molecule has 4 rings (SSSR count). The molecule has 0 atom stereocenters. The molecule has 1 amide bonds. The molecule has 0 aromatic heterocycles. The summed E-state index contributed by atoms with van der Waals surface area (Å²) in [6.45, 7) is 1.77. The van der Waals surface area contributed by atoms with E-state index in [0.29, 0.717) is 0 Å². The molecule has 7 heteroatoms. The van der Waals surface area contributed by atoms with Gasteiger partial charge in [0.15, 0.2) is 0 Å². The van der Waals surface area contributed by atoms with Crippen LogP contribution in [0.15, 0.2) is 66.7 Å². The van der Waals surface area contributed by atoms with Crippen molar-refractivity contribution >= 4 is 17.9 Å². The molecule has 1 aliphatic carbocycles. The van der Waals surface area contributed by atoms with E-state index in [2.05, 4.69) is 17.4 Å². The number of nitrogens with one attached hydrogen (secondary N) is 1. The van der Waals surface area contributed by atoms with Crippen LogP contribution in [-0.2, 0) is 4.74 Å². The van der Waals surface area contributed by atoms with Gasteiger partial charge < -0.3 is 10.1 Å². The molecule has 3 aromatic carbocycles. The zero-order valence-electron chi connectivity index (χ0n) is 17.4. The minimum Gasteiger partial charge on any atom is -0.449 e. The maximum atomic E-state index is 14.0. The van der Waals surface area contributed by atoms with Gasteiger partial charge in [0.05, 0.1) is 4.92 Å². The Bertz CT molecular complexity index is 1180. The number of fused-ring (bicyclic) bond motifs is 3. The Balaban J connectivity index is 1.35. The minimum absolute atomic E-state index is 0.0362. The molecule has 0 fully saturated rings. The van der Waals surface area contributed by atoms with Crippen molar-refractivity contribution in [2.24, 2.45) is 0 Å². The van der Waals surface area contributed by atoms with E-state index in [-0.39, 0.29) is 35.9 Å². The van der Waals surface area contributed by atoms with Crippen LogP contribution in [0.4, 0.5) is 14.9 Å². The quantitative estimate of drug-likeness (QED) is 0.406. The van der Waals surface area contributed by atoms with E-state index in [0.717, 1.165) is 28.3 Å². The molecule has 0 spiro atoms. The maximum Gasteiger partial charge on any atom is 0.407 e. The van der Waals surface area contributed by atoms with Crippen LogP contribution >= 0.6 is 0 Å². The summed E-state index contributed by atoms with van der Waals surface area (Å²) in [6, 6.07) is 18.4. The number of aryl methyl sites for hydroxylation is 1. The predicted octanol–water partition coefficient (Wildman–Crippen LogP) is 5.59. The number of carbonyl (C=O) groups excluding carboxylic acids is 1. The third-order valence-electron chi connectivity index (χ3n) is 5.52. The van der Waals surface area contributed by atoms with Crippen LogP contribution in [0.5, 0.6) is 0 Å². The molecule has 0 bridgehead atoms. The molecule has 32 heavy (non-hydrogen) atoms. The Morgan fingerprint density at radius 3 is 2.38 bits per heavy atom. The fourth-order valence-corrected chi connectivity index (χ4v) is 3.98. The van der Waals surface area contributed by atoms with E-state index >= 15 is 0 Å². The average Bonchev–Trinajstić information content (AvgIpc) is 3.10. The summed E-state index contributed by atoms with van der Waals surface area (Å²) in [5, 5.41) is 13.6. The number of hydrogen-bond acceptors (Lipinski definition) is 4. The van der Waals surface area contributed by atoms with E-state index in [1.165, 1.54) is 25.1 Å². The number of nitrogens with zero attached hydrogens (tertiary/aromatic N) is 1. The Labute approximate surface area is 184 Å². The van der Waals surface area contributed by atoms with Crippen LogP contribution in [0, 0.1) is 22.9 Å². The summed E-state index contributed by atoms with van der Waals surface area (Å²) in [5.41, 5.74) is 4.72. The van der Waals surface area contributed by atoms with E-state index in [4.69, 9.17) is 4.74 Å². The topological polar surface area (TPSA) is 81.5 Å². The third kappa shape index (κ3) is 4.23. The molecule has 1 N–H and O–H groups in total. The second-order valence-corrected chi connectivity index (χ2v) is 7.53. The highest BCUT2D eigenvalue weighted by atomic mass is 19.1. The summed E-state index contributed by atoms with van der Waals surface area (Å²) < 4.78 is 19.5. The molecule has 162 valence electrons. The minimum atomic E-state index is -0.591. The van der Waals surface area contributed by atoms with Crippen molar-refractivity contribution in [3.8, 4) is 11.1 Å². The fraction of sp³-hybridized carbons (Fsp3) is 0.160. The molecular formula is C25H21FN2O4. The molecule has 3 aromatic rings. The van der Waals surface area contributed by atoms with Gasteiger partial charge in [-0.1, -0.05) is 60.7 Å². The molecule has 0 unspecified atom stereocenters. The zero-order chi connectivity index (χ0) is 22.7. The Kier molecular flexibility index (Phi) is 5.98. The van der Waals surface area contributed by atoms with Gasteiger partial charge in [0.2, 0.25) is 0 Å². The summed E-state index contributed by atoms with van der Waals surface area (Å²) in [4.78, 5) is 22.6. The molecule has 0 heterocycles. The lowest BCUT2D eigenvalue weighted by Crippen LogP contribution is -2.26. The first-order valence-corrected chi connectivity index (χ1v) is 10.2. The van der Waals surface area contributed by atoms with Gasteiger partial charge in [0, 0.05) is 29.7 Å². The fourth-order valence-electron chi connectivity index (χ4n) is 3.98. The first-order valence-electron chi connectivity index (χ1n) is 10.2. The van der Waals surface area contributed by atoms with Crippen LogP contribution < -0.4 is 5.32 Å². The number of halogens is 1. The molecular weight excluding hydrogens is 411 g/mol. The maximum absolute atomic E-state index is 14.0. The van der Waals surface area contributed by atoms with Gasteiger partial charge in [-0.15, -0.1) is 0 Å². The summed E-state index contributed by atoms with van der Waals surface area (Å²) in [7, 11) is 0. The van der Waals surface area contributed by atoms with Crippen molar-refractivity contribution in [2.75, 3.05) is 13.2 Å². The lowest BCUT2D eigenvalue weighted by Gasteiger charge is -2.14. The van der Waals surface area contributed by atoms with E-state index < -0.39 is 16.8 Å². The number of nitro benzene ring substituents is 1. The number of hydrogen-bond donors (Lipinski definition) is 1. The highest BCUT2D eigenvalue weighted by Crippen LogP contribution is 2.44. The smallest absolute Gasteiger partial charge is 0.407 e. The molecule has 0 saturated heterocycles. The van der Waals surface area contributed by atoms with E-state index in [1.807, 2.05) is 36.4 Å². The lowest BCUT2D eigenvalue weighted by atomic mass is 9.98. The van der Waals surface area contributed by atoms with Crippen LogP contribution in [0.25, 0.3) is 17.2 Å². The van der Waals surface area contributed by atoms with Crippen molar-refractivity contribution in [2.45, 2.75) is 12.8 Å². The number of ether oxygens (including phenoxy) is 1. The second-order valence-electron chi connectivity index (χ2n) is 7.53. The molecule has 0 radical (unpaired) electrons. The van der Waals surface area contributed by atoms with E-state index in [1.54, 1.807) is 0 Å². The number of alkyl carbamates (subject to hydrolysis) is 1. The third-order valence-corrected chi connectivity index (χ3v) is 5.52. The SMILES string of the molecule is Cc1cc(F)c(C=CCNC(=O)OCC2c3ccccc3-c3ccccc32)cc1[N+](=O)[O-]. The monoisotopic (exact) mass is 432 g/mol. The zero-order valence-corrected chi connectivity index (χ0v) is 17.4. The van der Waals surface area contributed by atoms with Gasteiger partial charge in [0.25, 0.3) is 5.69 Å². The van der Waals surface area contributed by atoms with Gasteiger partial charge in [0.1, 0.15) is 12.4 Å². The average molecular weight is 432 g/mol. The Morgan fingerprint density at radius 1 is 1.12 bits per heavy atom. The normalized spacial score (nSPS) is 12.4. The van der Waals surface area contributed by atoms with Crippen molar-refractivity contribution in [1.82, 2.24) is 5.32 Å². The van der Waals surface area contributed by atoms with Crippen LogP contribution in [-0.4, -0.2) is 24.2 Å². The first kappa shape index (κ1) is 21.2. The molecule has 0 saturated carbocycles. The van der Waals surface area contributed by atoms with Crippen molar-refractivity contribution in [3.63, 3.8) is 0 Å². The van der Waals surface area contributed by atoms with E-state index in [9.17, 15) is 19.3 Å². The van der Waals surface area contributed by atoms with Gasteiger partial charge in [-0.2, -0.15) is 0 Å². The number of carbonyl (C=O) groups is 1. The number of rotatable bonds is 6. The van der Waals surface area contributed by atoms with Gasteiger partial charge in [-0.3, -0.25) is 10.1 Å². The first-order chi connectivity index (χ1) is 15.5. The highest BCUT2D eigenvalue weighted by Gasteiger charge is 2.28. The second kappa shape index (κ2) is 9.01. The van der Waals surface area contributed by atoms with Crippen LogP contribution in [0.2, 0.25) is 0 Å². The van der Waals surface area contributed by atoms with Crippen molar-refractivity contribution in [1.29, 1.82) is 0 Å². The number of benzene rings is 3. The highest BCUT2D eigenvalue weighted by molar-refractivity contribution is 5.79. The Morgan fingerprint density at radius 2 is 1.75 bits per heavy atom. The summed E-state index contributed by atoms with van der Waals surface area (Å²) in [5.74, 6) is -0.601. The van der Waals surface area contributed by atoms with Crippen molar-refractivity contribution in [3.05, 3.63) is 105 Å². The predicted molar refractivity (Wildman–Crippen MR) is 120 cm³/mol. The molecule has 0 aliphatic heterocycles. The summed E-state index contributed by atoms with van der Waals surface area (Å²) >= 11 is 0. The standard InChI is InChI=1S/C25H21FN2O4/c1-16-13-23(26)17(14-24(16)28(30)31)7-6-12-27-25(29)32-15-22-20-10-4-2-8-18(20)19-9-3-5-11-21(19)22/h2-11,13-14,22H,12,15H2,1H3,(H,27,29). The van der Waals surface area contributed by atoms with Gasteiger partial charge in [-0.05, 0) is 35.2 Å². The largest absolute Gasteiger partial charge is 0.449 e.